The first-order valence-electron chi connectivity index (χ1n) is 3.18. The average molecular weight is 207 g/mol. The lowest BCUT2D eigenvalue weighted by atomic mass is 10.1. The van der Waals surface area contributed by atoms with Gasteiger partial charge in [0.15, 0.2) is 0 Å². The van der Waals surface area contributed by atoms with E-state index in [4.69, 9.17) is 23.8 Å². The predicted molar refractivity (Wildman–Crippen MR) is 48.7 cm³/mol. The zero-order valence-corrected chi connectivity index (χ0v) is 7.77. The first-order valence-corrected chi connectivity index (χ1v) is 3.96. The van der Waals surface area contributed by atoms with Crippen LogP contribution in [0.1, 0.15) is 12.5 Å². The van der Waals surface area contributed by atoms with Crippen molar-refractivity contribution in [2.45, 2.75) is 6.92 Å². The van der Waals surface area contributed by atoms with E-state index < -0.39 is 11.6 Å². The molecule has 0 aliphatic heterocycles. The predicted octanol–water partition coefficient (Wildman–Crippen LogP) is 3.36. The van der Waals surface area contributed by atoms with Gasteiger partial charge in [0.05, 0.1) is 5.02 Å². The number of hydrogen-bond donors (Lipinski definition) is 0. The lowest BCUT2D eigenvalue weighted by Crippen LogP contribution is -1.97. The van der Waals surface area contributed by atoms with E-state index in [-0.39, 0.29) is 10.6 Å². The molecule has 0 fully saturated rings. The molecular weight excluding hydrogens is 202 g/mol. The van der Waals surface area contributed by atoms with Gasteiger partial charge in [-0.1, -0.05) is 23.8 Å². The minimum absolute atomic E-state index is 0.0897. The third-order valence-corrected chi connectivity index (χ3v) is 1.90. The molecular formula is C8H5ClF2S. The standard InChI is InChI=1S/C8H5ClF2S/c1-4(12)5-2-8(11)6(9)3-7(5)10/h2-3H,1H3. The molecule has 0 aliphatic rings. The molecule has 0 radical (unpaired) electrons. The maximum atomic E-state index is 12.9. The lowest BCUT2D eigenvalue weighted by Gasteiger charge is -2.01. The number of benzene rings is 1. The van der Waals surface area contributed by atoms with E-state index in [0.717, 1.165) is 12.1 Å². The highest BCUT2D eigenvalue weighted by Crippen LogP contribution is 2.19. The average Bonchev–Trinajstić information content (AvgIpc) is 1.96. The third kappa shape index (κ3) is 1.79. The van der Waals surface area contributed by atoms with Crippen molar-refractivity contribution in [3.63, 3.8) is 0 Å². The molecule has 0 N–H and O–H groups in total. The van der Waals surface area contributed by atoms with Gasteiger partial charge in [0.1, 0.15) is 11.6 Å². The third-order valence-electron chi connectivity index (χ3n) is 1.39. The van der Waals surface area contributed by atoms with Gasteiger partial charge in [0.25, 0.3) is 0 Å². The Balaban J connectivity index is 3.33. The van der Waals surface area contributed by atoms with Crippen LogP contribution in [0.4, 0.5) is 8.78 Å². The molecule has 1 aromatic rings. The molecule has 0 bridgehead atoms. The van der Waals surface area contributed by atoms with Crippen molar-refractivity contribution in [1.29, 1.82) is 0 Å². The molecule has 0 nitrogen and oxygen atoms in total. The Hall–Kier alpha value is -0.540. The summed E-state index contributed by atoms with van der Waals surface area (Å²) < 4.78 is 25.7. The summed E-state index contributed by atoms with van der Waals surface area (Å²) in [6.45, 7) is 1.53. The van der Waals surface area contributed by atoms with E-state index in [9.17, 15) is 8.78 Å². The van der Waals surface area contributed by atoms with Crippen LogP contribution in [0.5, 0.6) is 0 Å². The summed E-state index contributed by atoms with van der Waals surface area (Å²) in [5.74, 6) is -1.24. The number of hydrogen-bond acceptors (Lipinski definition) is 1. The summed E-state index contributed by atoms with van der Waals surface area (Å²) >= 11 is 10.0. The molecule has 1 rings (SSSR count). The fourth-order valence-electron chi connectivity index (χ4n) is 0.792. The maximum Gasteiger partial charge on any atom is 0.142 e. The molecule has 0 aromatic heterocycles. The van der Waals surface area contributed by atoms with Gasteiger partial charge in [-0.05, 0) is 19.1 Å². The Morgan fingerprint density at radius 1 is 1.33 bits per heavy atom. The van der Waals surface area contributed by atoms with Crippen molar-refractivity contribution in [1.82, 2.24) is 0 Å². The molecule has 0 aliphatic carbocycles. The monoisotopic (exact) mass is 206 g/mol. The van der Waals surface area contributed by atoms with Crippen LogP contribution in [0.2, 0.25) is 5.02 Å². The summed E-state index contributed by atoms with van der Waals surface area (Å²) in [5.41, 5.74) is 0.0897. The van der Waals surface area contributed by atoms with Crippen molar-refractivity contribution < 1.29 is 8.78 Å². The topological polar surface area (TPSA) is 0 Å². The van der Waals surface area contributed by atoms with Crippen molar-refractivity contribution in [3.8, 4) is 0 Å². The highest BCUT2D eigenvalue weighted by atomic mass is 35.5. The van der Waals surface area contributed by atoms with Crippen molar-refractivity contribution in [2.75, 3.05) is 0 Å². The largest absolute Gasteiger partial charge is 0.206 e. The molecule has 0 saturated carbocycles. The van der Waals surface area contributed by atoms with Gasteiger partial charge < -0.3 is 0 Å². The number of thiocarbonyl (C=S) groups is 1. The SMILES string of the molecule is CC(=S)c1cc(F)c(Cl)cc1F. The summed E-state index contributed by atoms with van der Waals surface area (Å²) in [7, 11) is 0. The highest BCUT2D eigenvalue weighted by Gasteiger charge is 2.09. The summed E-state index contributed by atoms with van der Waals surface area (Å²) in [5, 5.41) is -0.229. The smallest absolute Gasteiger partial charge is 0.142 e. The van der Waals surface area contributed by atoms with Crippen LogP contribution in [0, 0.1) is 11.6 Å². The Morgan fingerprint density at radius 3 is 2.42 bits per heavy atom. The van der Waals surface area contributed by atoms with Crippen LogP contribution in [0.3, 0.4) is 0 Å². The Labute approximate surface area is 79.2 Å². The zero-order valence-electron chi connectivity index (χ0n) is 6.20. The van der Waals surface area contributed by atoms with Gasteiger partial charge in [-0.25, -0.2) is 8.78 Å². The van der Waals surface area contributed by atoms with Crippen molar-refractivity contribution in [2.24, 2.45) is 0 Å². The van der Waals surface area contributed by atoms with Crippen molar-refractivity contribution >= 4 is 28.7 Å². The second-order valence-corrected chi connectivity index (χ2v) is 3.32. The van der Waals surface area contributed by atoms with Gasteiger partial charge in [-0.15, -0.1) is 0 Å². The van der Waals surface area contributed by atoms with Crippen LogP contribution in [-0.2, 0) is 0 Å². The van der Waals surface area contributed by atoms with Crippen LogP contribution in [0.25, 0.3) is 0 Å². The minimum atomic E-state index is -0.655. The Bertz CT molecular complexity index is 336. The van der Waals surface area contributed by atoms with Gasteiger partial charge in [0, 0.05) is 10.4 Å². The summed E-state index contributed by atoms with van der Waals surface area (Å²) in [4.78, 5) is 0.308. The van der Waals surface area contributed by atoms with Crippen LogP contribution in [0.15, 0.2) is 12.1 Å². The fourth-order valence-corrected chi connectivity index (χ4v) is 1.10. The summed E-state index contributed by atoms with van der Waals surface area (Å²) in [6.07, 6.45) is 0. The minimum Gasteiger partial charge on any atom is -0.206 e. The Kier molecular flexibility index (Phi) is 2.75. The molecule has 0 heterocycles. The molecule has 0 unspecified atom stereocenters. The first kappa shape index (κ1) is 9.55. The van der Waals surface area contributed by atoms with Gasteiger partial charge in [-0.2, -0.15) is 0 Å². The van der Waals surface area contributed by atoms with Gasteiger partial charge in [-0.3, -0.25) is 0 Å². The first-order chi connectivity index (χ1) is 5.52. The van der Waals surface area contributed by atoms with E-state index >= 15 is 0 Å². The second-order valence-electron chi connectivity index (χ2n) is 2.30. The molecule has 12 heavy (non-hydrogen) atoms. The molecule has 0 spiro atoms. The van der Waals surface area contributed by atoms with Crippen LogP contribution >= 0.6 is 23.8 Å². The molecule has 1 aromatic carbocycles. The van der Waals surface area contributed by atoms with E-state index in [0.29, 0.717) is 4.86 Å². The van der Waals surface area contributed by atoms with Crippen LogP contribution < -0.4 is 0 Å². The van der Waals surface area contributed by atoms with E-state index in [1.807, 2.05) is 0 Å². The Morgan fingerprint density at radius 2 is 1.92 bits per heavy atom. The van der Waals surface area contributed by atoms with Gasteiger partial charge >= 0.3 is 0 Å². The normalized spacial score (nSPS) is 10.0. The van der Waals surface area contributed by atoms with E-state index in [1.54, 1.807) is 0 Å². The van der Waals surface area contributed by atoms with Crippen LogP contribution in [-0.4, -0.2) is 4.86 Å². The van der Waals surface area contributed by atoms with E-state index in [1.165, 1.54) is 6.92 Å². The molecule has 0 amide bonds. The molecule has 64 valence electrons. The lowest BCUT2D eigenvalue weighted by molar-refractivity contribution is 0.598. The maximum absolute atomic E-state index is 12.9. The zero-order chi connectivity index (χ0) is 9.30. The molecule has 4 heteroatoms. The van der Waals surface area contributed by atoms with E-state index in [2.05, 4.69) is 0 Å². The molecule has 0 atom stereocenters. The number of halogens is 3. The second kappa shape index (κ2) is 3.46. The fraction of sp³-hybridized carbons (Fsp3) is 0.125. The van der Waals surface area contributed by atoms with Gasteiger partial charge in [0.2, 0.25) is 0 Å². The quantitative estimate of drug-likeness (QED) is 0.386. The van der Waals surface area contributed by atoms with Crippen molar-refractivity contribution in [3.05, 3.63) is 34.4 Å². The summed E-state index contributed by atoms with van der Waals surface area (Å²) in [6, 6.07) is 1.92. The highest BCUT2D eigenvalue weighted by molar-refractivity contribution is 7.80. The number of rotatable bonds is 1. The molecule has 0 saturated heterocycles.